The van der Waals surface area contributed by atoms with Gasteiger partial charge in [-0.25, -0.2) is 14.6 Å². The summed E-state index contributed by atoms with van der Waals surface area (Å²) in [5, 5.41) is 13.7. The van der Waals surface area contributed by atoms with Gasteiger partial charge in [0.05, 0.1) is 89.0 Å². The van der Waals surface area contributed by atoms with Crippen molar-refractivity contribution in [1.29, 1.82) is 0 Å². The second-order valence-corrected chi connectivity index (χ2v) is 21.5. The third kappa shape index (κ3) is 15.7. The Balaban J connectivity index is 0.620. The molecule has 4 aromatic carbocycles. The lowest BCUT2D eigenvalue weighted by Gasteiger charge is -2.39. The van der Waals surface area contributed by atoms with E-state index < -0.39 is 0 Å². The minimum absolute atomic E-state index is 0.150. The molecule has 1 aliphatic carbocycles. The number of para-hydroxylation sites is 2. The molecule has 2 aromatic heterocycles. The zero-order valence-corrected chi connectivity index (χ0v) is 44.7. The van der Waals surface area contributed by atoms with E-state index in [0.717, 1.165) is 82.2 Å². The Bertz CT molecular complexity index is 2680. The molecule has 1 saturated carbocycles. The van der Waals surface area contributed by atoms with Crippen molar-refractivity contribution in [2.45, 2.75) is 88.4 Å². The summed E-state index contributed by atoms with van der Waals surface area (Å²) in [5.74, 6) is 3.07. The molecule has 0 atom stereocenters. The van der Waals surface area contributed by atoms with Crippen molar-refractivity contribution in [3.05, 3.63) is 119 Å². The van der Waals surface area contributed by atoms with Crippen molar-refractivity contribution in [2.75, 3.05) is 96.8 Å². The van der Waals surface area contributed by atoms with Crippen molar-refractivity contribution in [3.8, 4) is 5.75 Å². The molecule has 2 aliphatic rings. The van der Waals surface area contributed by atoms with E-state index in [2.05, 4.69) is 84.6 Å². The van der Waals surface area contributed by atoms with Crippen LogP contribution in [0, 0.1) is 11.3 Å². The van der Waals surface area contributed by atoms with Gasteiger partial charge in [0.1, 0.15) is 29.7 Å². The summed E-state index contributed by atoms with van der Waals surface area (Å²) in [6.45, 7) is 15.4. The number of rotatable bonds is 27. The number of nitrogens with zero attached hydrogens (tertiary/aromatic N) is 8. The smallest absolute Gasteiger partial charge is 0.262 e. The number of hydrogen-bond acceptors (Lipinski definition) is 14. The van der Waals surface area contributed by atoms with E-state index in [0.29, 0.717) is 92.9 Å². The Morgan fingerprint density at radius 2 is 1.47 bits per heavy atom. The van der Waals surface area contributed by atoms with Gasteiger partial charge in [0.25, 0.3) is 5.91 Å². The van der Waals surface area contributed by atoms with Crippen LogP contribution in [0.25, 0.3) is 10.9 Å². The zero-order valence-electron chi connectivity index (χ0n) is 43.1. The molecule has 390 valence electrons. The maximum Gasteiger partial charge on any atom is 0.262 e. The molecule has 1 fully saturated rings. The molecule has 0 spiro atoms. The molecular formula is C56H72ClN9O6S. The largest absolute Gasteiger partial charge is 0.487 e. The van der Waals surface area contributed by atoms with Crippen molar-refractivity contribution >= 4 is 57.4 Å². The number of carbonyl (C=O) groups excluding carboxylic acids is 1. The number of nitrogens with one attached hydrogen (secondary N) is 1. The maximum absolute atomic E-state index is 13.9. The lowest BCUT2D eigenvalue weighted by molar-refractivity contribution is -0.00424. The summed E-state index contributed by atoms with van der Waals surface area (Å²) in [5.41, 5.74) is 4.18. The Morgan fingerprint density at radius 1 is 0.781 bits per heavy atom. The molecule has 1 aliphatic heterocycles. The molecule has 3 heterocycles. The van der Waals surface area contributed by atoms with E-state index >= 15 is 0 Å². The van der Waals surface area contributed by atoms with Crippen LogP contribution >= 0.6 is 23.4 Å². The average molecular weight is 1030 g/mol. The van der Waals surface area contributed by atoms with E-state index in [-0.39, 0.29) is 12.5 Å². The first-order chi connectivity index (χ1) is 35.5. The van der Waals surface area contributed by atoms with Crippen LogP contribution in [0.4, 0.5) is 17.2 Å². The minimum atomic E-state index is -0.150. The molecule has 73 heavy (non-hydrogen) atoms. The van der Waals surface area contributed by atoms with E-state index in [1.54, 1.807) is 45.6 Å². The Kier molecular flexibility index (Phi) is 19.9. The molecular weight excluding hydrogens is 962 g/mol. The summed E-state index contributed by atoms with van der Waals surface area (Å²) >= 11 is 7.98. The monoisotopic (exact) mass is 1030 g/mol. The third-order valence-corrected chi connectivity index (χ3v) is 14.9. The molecule has 0 saturated heterocycles. The standard InChI is InChI=1S/C56H72ClN9O6S/c1-56(2,3)42-17-20-45(21-18-42)64(5)39-53-59-48-12-7-6-11-47(48)54(60-53)58-25-10-26-63(4)27-29-68-31-33-70-35-36-71-34-32-69-30-28-65-38-44(61-62-65)40-72-46-22-15-41(16-23-46)55(67)66-49-13-8-9-14-51(49)73-52-24-19-43(57)37-50(52)66/h6-9,11-16,19,22-24,37-38,42,45H,10,17-18,20-21,25-36,39-40H2,1-5H3,(H,58,59,60). The fourth-order valence-corrected chi connectivity index (χ4v) is 10.5. The van der Waals surface area contributed by atoms with Crippen molar-refractivity contribution < 1.29 is 28.5 Å². The first kappa shape index (κ1) is 54.1. The lowest BCUT2D eigenvalue weighted by atomic mass is 9.71. The molecule has 8 rings (SSSR count). The summed E-state index contributed by atoms with van der Waals surface area (Å²) in [4.78, 5) is 32.3. The molecule has 6 aromatic rings. The first-order valence-corrected chi connectivity index (χ1v) is 26.9. The van der Waals surface area contributed by atoms with Gasteiger partial charge < -0.3 is 33.9 Å². The number of aromatic nitrogens is 5. The Morgan fingerprint density at radius 3 is 2.22 bits per heavy atom. The van der Waals surface area contributed by atoms with Gasteiger partial charge in [-0.15, -0.1) is 5.10 Å². The summed E-state index contributed by atoms with van der Waals surface area (Å²) < 4.78 is 30.6. The van der Waals surface area contributed by atoms with Crippen LogP contribution in [-0.2, 0) is 38.6 Å². The van der Waals surface area contributed by atoms with Crippen LogP contribution in [0.1, 0.15) is 74.8 Å². The van der Waals surface area contributed by atoms with Crippen molar-refractivity contribution in [3.63, 3.8) is 0 Å². The van der Waals surface area contributed by atoms with Gasteiger partial charge in [-0.1, -0.05) is 73.6 Å². The van der Waals surface area contributed by atoms with Crippen LogP contribution in [0.15, 0.2) is 107 Å². The van der Waals surface area contributed by atoms with Crippen LogP contribution < -0.4 is 15.0 Å². The molecule has 1 N–H and O–H groups in total. The summed E-state index contributed by atoms with van der Waals surface area (Å²) in [6.07, 6.45) is 7.89. The highest BCUT2D eigenvalue weighted by Crippen LogP contribution is 2.49. The van der Waals surface area contributed by atoms with E-state index in [9.17, 15) is 4.79 Å². The Hall–Kier alpha value is -5.17. The molecule has 0 unspecified atom stereocenters. The van der Waals surface area contributed by atoms with E-state index in [1.807, 2.05) is 48.7 Å². The van der Waals surface area contributed by atoms with Gasteiger partial charge in [0.2, 0.25) is 0 Å². The third-order valence-electron chi connectivity index (χ3n) is 13.6. The minimum Gasteiger partial charge on any atom is -0.487 e. The van der Waals surface area contributed by atoms with Crippen LogP contribution in [0.5, 0.6) is 5.75 Å². The number of halogens is 1. The van der Waals surface area contributed by atoms with Gasteiger partial charge >= 0.3 is 0 Å². The molecule has 17 heteroatoms. The van der Waals surface area contributed by atoms with Gasteiger partial charge in [0, 0.05) is 44.9 Å². The number of fused-ring (bicyclic) bond motifs is 3. The van der Waals surface area contributed by atoms with Crippen LogP contribution in [0.2, 0.25) is 5.02 Å². The number of anilines is 3. The highest BCUT2D eigenvalue weighted by atomic mass is 35.5. The number of benzene rings is 4. The number of amides is 1. The average Bonchev–Trinajstić information content (AvgIpc) is 3.86. The second kappa shape index (κ2) is 26.9. The molecule has 15 nitrogen and oxygen atoms in total. The normalized spacial score (nSPS) is 15.8. The van der Waals surface area contributed by atoms with E-state index in [1.165, 1.54) is 25.7 Å². The highest BCUT2D eigenvalue weighted by molar-refractivity contribution is 7.99. The van der Waals surface area contributed by atoms with E-state index in [4.69, 9.17) is 45.3 Å². The fraction of sp³-hybridized carbons (Fsp3) is 0.482. The Labute approximate surface area is 440 Å². The molecule has 0 radical (unpaired) electrons. The topological polar surface area (TPSA) is 141 Å². The predicted octanol–water partition coefficient (Wildman–Crippen LogP) is 10.4. The van der Waals surface area contributed by atoms with Crippen molar-refractivity contribution in [1.82, 2.24) is 34.8 Å². The number of likely N-dealkylation sites (N-methyl/N-ethyl adjacent to an activating group) is 1. The predicted molar refractivity (Wildman–Crippen MR) is 289 cm³/mol. The highest BCUT2D eigenvalue weighted by Gasteiger charge is 2.32. The van der Waals surface area contributed by atoms with Crippen molar-refractivity contribution in [2.24, 2.45) is 11.3 Å². The number of carbonyl (C=O) groups is 1. The summed E-state index contributed by atoms with van der Waals surface area (Å²) in [7, 11) is 4.36. The number of hydrogen-bond donors (Lipinski definition) is 1. The maximum atomic E-state index is 13.9. The fourth-order valence-electron chi connectivity index (χ4n) is 9.31. The quantitative estimate of drug-likeness (QED) is 0.0489. The van der Waals surface area contributed by atoms with Gasteiger partial charge in [-0.2, -0.15) is 0 Å². The lowest BCUT2D eigenvalue weighted by Crippen LogP contribution is -2.37. The van der Waals surface area contributed by atoms with Crippen LogP contribution in [-0.4, -0.2) is 133 Å². The number of ether oxygens (including phenoxy) is 5. The zero-order chi connectivity index (χ0) is 51.0. The van der Waals surface area contributed by atoms with Gasteiger partial charge in [-0.3, -0.25) is 14.6 Å². The second-order valence-electron chi connectivity index (χ2n) is 19.9. The van der Waals surface area contributed by atoms with Gasteiger partial charge in [-0.05, 0) is 131 Å². The molecule has 0 bridgehead atoms. The van der Waals surface area contributed by atoms with Gasteiger partial charge in [0.15, 0.2) is 0 Å². The SMILES string of the molecule is CN(CCCNc1nc(CN(C)C2CCC(C(C)(C)C)CC2)nc2ccccc12)CCOCCOCCOCCOCCn1cc(COc2ccc(C(=O)N3c4ccccc4Sc4ccc(Cl)cc43)cc2)nn1. The first-order valence-electron chi connectivity index (χ1n) is 25.7. The molecule has 1 amide bonds. The summed E-state index contributed by atoms with van der Waals surface area (Å²) in [6, 6.07) is 29.5. The van der Waals surface area contributed by atoms with Crippen LogP contribution in [0.3, 0.4) is 0 Å².